The molecule has 1 amide bonds. The molecule has 0 bridgehead atoms. The Morgan fingerprint density at radius 2 is 1.89 bits per heavy atom. The van der Waals surface area contributed by atoms with E-state index < -0.39 is 15.9 Å². The third-order valence-electron chi connectivity index (χ3n) is 4.90. The monoisotopic (exact) mass is 418 g/mol. The van der Waals surface area contributed by atoms with Crippen LogP contribution in [0.3, 0.4) is 0 Å². The molecule has 0 spiro atoms. The van der Waals surface area contributed by atoms with Crippen molar-refractivity contribution in [1.29, 1.82) is 0 Å². The molecule has 2 heterocycles. The number of carbonyl (C=O) groups is 1. The number of nitrogens with zero attached hydrogens (tertiary/aromatic N) is 1. The fraction of sp³-hybridized carbons (Fsp3) is 0.250. The van der Waals surface area contributed by atoms with E-state index in [-0.39, 0.29) is 10.7 Å². The summed E-state index contributed by atoms with van der Waals surface area (Å²) in [5.74, 6) is -0.273. The number of rotatable bonds is 4. The molecule has 1 N–H and O–H groups in total. The molecule has 3 aromatic rings. The van der Waals surface area contributed by atoms with Crippen molar-refractivity contribution in [2.24, 2.45) is 0 Å². The van der Waals surface area contributed by atoms with Gasteiger partial charge in [-0.3, -0.25) is 4.79 Å². The van der Waals surface area contributed by atoms with Gasteiger partial charge in [-0.1, -0.05) is 17.7 Å². The van der Waals surface area contributed by atoms with Crippen LogP contribution in [0.15, 0.2) is 51.8 Å². The zero-order chi connectivity index (χ0) is 19.9. The van der Waals surface area contributed by atoms with Gasteiger partial charge in [-0.2, -0.15) is 4.31 Å². The maximum Gasteiger partial charge on any atom is 0.291 e. The Kier molecular flexibility index (Phi) is 4.91. The number of hydrogen-bond acceptors (Lipinski definition) is 4. The first kappa shape index (κ1) is 19.0. The van der Waals surface area contributed by atoms with Gasteiger partial charge >= 0.3 is 0 Å². The highest BCUT2D eigenvalue weighted by molar-refractivity contribution is 7.89. The second-order valence-corrected chi connectivity index (χ2v) is 9.16. The normalized spacial score (nSPS) is 15.2. The van der Waals surface area contributed by atoms with Crippen molar-refractivity contribution < 1.29 is 17.6 Å². The summed E-state index contributed by atoms with van der Waals surface area (Å²) in [5, 5.41) is 3.86. The molecule has 28 heavy (non-hydrogen) atoms. The molecule has 2 aromatic carbocycles. The molecule has 1 aliphatic heterocycles. The van der Waals surface area contributed by atoms with Gasteiger partial charge in [-0.25, -0.2) is 8.42 Å². The quantitative estimate of drug-likeness (QED) is 0.679. The molecule has 146 valence electrons. The highest BCUT2D eigenvalue weighted by Gasteiger charge is 2.28. The second kappa shape index (κ2) is 7.24. The third kappa shape index (κ3) is 3.41. The van der Waals surface area contributed by atoms with E-state index in [1.54, 1.807) is 43.3 Å². The van der Waals surface area contributed by atoms with Crippen LogP contribution < -0.4 is 5.32 Å². The molecule has 0 aliphatic carbocycles. The number of anilines is 1. The van der Waals surface area contributed by atoms with Crippen molar-refractivity contribution in [2.45, 2.75) is 24.7 Å². The summed E-state index contributed by atoms with van der Waals surface area (Å²) in [5.41, 5.74) is 1.61. The lowest BCUT2D eigenvalue weighted by Crippen LogP contribution is -2.27. The maximum absolute atomic E-state index is 12.8. The first-order chi connectivity index (χ1) is 13.4. The molecular formula is C20H19ClN2O4S. The Labute approximate surface area is 168 Å². The minimum absolute atomic E-state index is 0.144. The predicted molar refractivity (Wildman–Crippen MR) is 108 cm³/mol. The van der Waals surface area contributed by atoms with E-state index in [0.29, 0.717) is 40.3 Å². The van der Waals surface area contributed by atoms with E-state index in [9.17, 15) is 13.2 Å². The van der Waals surface area contributed by atoms with Crippen molar-refractivity contribution in [3.05, 3.63) is 58.8 Å². The molecule has 0 radical (unpaired) electrons. The summed E-state index contributed by atoms with van der Waals surface area (Å²) in [6, 6.07) is 11.5. The minimum atomic E-state index is -3.53. The van der Waals surface area contributed by atoms with Gasteiger partial charge < -0.3 is 9.73 Å². The van der Waals surface area contributed by atoms with Crippen LogP contribution >= 0.6 is 11.6 Å². The summed E-state index contributed by atoms with van der Waals surface area (Å²) in [6.45, 7) is 2.82. The van der Waals surface area contributed by atoms with Crippen LogP contribution in [0.1, 0.15) is 29.0 Å². The second-order valence-electron chi connectivity index (χ2n) is 6.79. The van der Waals surface area contributed by atoms with Crippen LogP contribution in [0.25, 0.3) is 11.0 Å². The highest BCUT2D eigenvalue weighted by atomic mass is 35.5. The van der Waals surface area contributed by atoms with Crippen LogP contribution in [-0.2, 0) is 10.0 Å². The lowest BCUT2D eigenvalue weighted by molar-refractivity contribution is 0.0998. The average Bonchev–Trinajstić information content (AvgIpc) is 3.30. The number of aryl methyl sites for hydroxylation is 1. The summed E-state index contributed by atoms with van der Waals surface area (Å²) in [4.78, 5) is 12.8. The van der Waals surface area contributed by atoms with E-state index in [1.807, 2.05) is 0 Å². The van der Waals surface area contributed by atoms with Crippen molar-refractivity contribution in [3.63, 3.8) is 0 Å². The summed E-state index contributed by atoms with van der Waals surface area (Å²) >= 11 is 5.95. The number of sulfonamides is 1. The van der Waals surface area contributed by atoms with Crippen LogP contribution in [-0.4, -0.2) is 31.7 Å². The molecular weight excluding hydrogens is 400 g/mol. The van der Waals surface area contributed by atoms with Crippen molar-refractivity contribution in [2.75, 3.05) is 18.4 Å². The molecule has 0 unspecified atom stereocenters. The lowest BCUT2D eigenvalue weighted by atomic mass is 10.1. The third-order valence-corrected chi connectivity index (χ3v) is 7.03. The number of halogens is 1. The lowest BCUT2D eigenvalue weighted by Gasteiger charge is -2.15. The van der Waals surface area contributed by atoms with Gasteiger partial charge in [0.1, 0.15) is 5.58 Å². The van der Waals surface area contributed by atoms with Gasteiger partial charge in [-0.05, 0) is 56.2 Å². The Hall–Kier alpha value is -2.35. The molecule has 4 rings (SSSR count). The zero-order valence-electron chi connectivity index (χ0n) is 15.2. The fourth-order valence-electron chi connectivity index (χ4n) is 3.41. The number of nitrogens with one attached hydrogen (secondary N) is 1. The molecule has 1 fully saturated rings. The number of amides is 1. The smallest absolute Gasteiger partial charge is 0.291 e. The van der Waals surface area contributed by atoms with Gasteiger partial charge in [0.05, 0.1) is 4.90 Å². The fourth-order valence-corrected chi connectivity index (χ4v) is 5.14. The molecule has 1 aromatic heterocycles. The Balaban J connectivity index is 1.68. The van der Waals surface area contributed by atoms with Crippen LogP contribution in [0.5, 0.6) is 0 Å². The standard InChI is InChI=1S/C20H19ClN2O4S/c1-13-17-12-16(28(25,26)23-9-2-3-10-23)7-8-18(17)27-19(13)20(24)22-15-6-4-5-14(21)11-15/h4-8,11-12H,2-3,9-10H2,1H3,(H,22,24). The van der Waals surface area contributed by atoms with Gasteiger partial charge in [0, 0.05) is 34.7 Å². The number of fused-ring (bicyclic) bond motifs is 1. The highest BCUT2D eigenvalue weighted by Crippen LogP contribution is 2.30. The van der Waals surface area contributed by atoms with E-state index in [0.717, 1.165) is 12.8 Å². The predicted octanol–water partition coefficient (Wildman–Crippen LogP) is 4.43. The van der Waals surface area contributed by atoms with Gasteiger partial charge in [0.25, 0.3) is 5.91 Å². The van der Waals surface area contributed by atoms with Crippen LogP contribution in [0.4, 0.5) is 5.69 Å². The molecule has 0 saturated carbocycles. The minimum Gasteiger partial charge on any atom is -0.451 e. The molecule has 6 nitrogen and oxygen atoms in total. The van der Waals surface area contributed by atoms with Crippen LogP contribution in [0, 0.1) is 6.92 Å². The van der Waals surface area contributed by atoms with E-state index >= 15 is 0 Å². The molecule has 1 saturated heterocycles. The summed E-state index contributed by atoms with van der Waals surface area (Å²) in [6.07, 6.45) is 1.75. The van der Waals surface area contributed by atoms with Crippen molar-refractivity contribution >= 4 is 44.2 Å². The SMILES string of the molecule is Cc1c(C(=O)Nc2cccc(Cl)c2)oc2ccc(S(=O)(=O)N3CCCC3)cc12. The molecule has 8 heteroatoms. The number of benzene rings is 2. The zero-order valence-corrected chi connectivity index (χ0v) is 16.8. The van der Waals surface area contributed by atoms with Gasteiger partial charge in [0.15, 0.2) is 5.76 Å². The topological polar surface area (TPSA) is 79.6 Å². The van der Waals surface area contributed by atoms with Crippen molar-refractivity contribution in [3.8, 4) is 0 Å². The summed E-state index contributed by atoms with van der Waals surface area (Å²) in [7, 11) is -3.53. The summed E-state index contributed by atoms with van der Waals surface area (Å²) < 4.78 is 32.8. The number of hydrogen-bond donors (Lipinski definition) is 1. The first-order valence-electron chi connectivity index (χ1n) is 8.96. The number of carbonyl (C=O) groups excluding carboxylic acids is 1. The Bertz CT molecular complexity index is 1160. The van der Waals surface area contributed by atoms with E-state index in [1.165, 1.54) is 10.4 Å². The van der Waals surface area contributed by atoms with E-state index in [4.69, 9.17) is 16.0 Å². The number of furan rings is 1. The van der Waals surface area contributed by atoms with Crippen LogP contribution in [0.2, 0.25) is 5.02 Å². The maximum atomic E-state index is 12.8. The van der Waals surface area contributed by atoms with Gasteiger partial charge in [-0.15, -0.1) is 0 Å². The van der Waals surface area contributed by atoms with E-state index in [2.05, 4.69) is 5.32 Å². The largest absolute Gasteiger partial charge is 0.451 e. The molecule has 0 atom stereocenters. The Morgan fingerprint density at radius 1 is 1.14 bits per heavy atom. The van der Waals surface area contributed by atoms with Gasteiger partial charge in [0.2, 0.25) is 10.0 Å². The molecule has 1 aliphatic rings. The Morgan fingerprint density at radius 3 is 2.61 bits per heavy atom. The average molecular weight is 419 g/mol. The van der Waals surface area contributed by atoms with Crippen molar-refractivity contribution in [1.82, 2.24) is 4.31 Å². The first-order valence-corrected chi connectivity index (χ1v) is 10.8.